The number of allylic oxidation sites excluding steroid dienone is 6. The van der Waals surface area contributed by atoms with Crippen LogP contribution in [0.5, 0.6) is 0 Å². The van der Waals surface area contributed by atoms with Crippen LogP contribution in [0.25, 0.3) is 0 Å². The molecule has 5 heteroatoms. The molecular weight excluding hydrogens is 378 g/mol. The lowest BCUT2D eigenvalue weighted by molar-refractivity contribution is -0.873. The number of nitrogens with zero attached hydrogens (tertiary/aromatic N) is 1. The molecule has 0 bridgehead atoms. The summed E-state index contributed by atoms with van der Waals surface area (Å²) in [6.45, 7) is 2.33. The zero-order chi connectivity index (χ0) is 22.8. The molecule has 0 aromatic carbocycles. The minimum Gasteiger partial charge on any atom is -0.549 e. The number of carbonyl (C=O) groups excluding carboxylic acids is 2. The summed E-state index contributed by atoms with van der Waals surface area (Å²) in [5.41, 5.74) is 0. The lowest BCUT2D eigenvalue weighted by Gasteiger charge is -2.30. The van der Waals surface area contributed by atoms with Gasteiger partial charge in [0.2, 0.25) is 0 Å². The normalized spacial score (nSPS) is 14.7. The first-order valence-corrected chi connectivity index (χ1v) is 11.4. The highest BCUT2D eigenvalue weighted by Gasteiger charge is 2.31. The first-order chi connectivity index (χ1) is 14.2. The molecule has 172 valence electrons. The van der Waals surface area contributed by atoms with Crippen LogP contribution >= 0.6 is 0 Å². The van der Waals surface area contributed by atoms with Crippen LogP contribution in [0.4, 0.5) is 0 Å². The fourth-order valence-corrected chi connectivity index (χ4v) is 3.24. The van der Waals surface area contributed by atoms with Gasteiger partial charge in [-0.1, -0.05) is 62.6 Å². The third-order valence-electron chi connectivity index (χ3n) is 4.79. The number of hydrogen-bond donors (Lipinski definition) is 1. The van der Waals surface area contributed by atoms with E-state index >= 15 is 0 Å². The monoisotopic (exact) mass is 421 g/mol. The predicted molar refractivity (Wildman–Crippen MR) is 122 cm³/mol. The summed E-state index contributed by atoms with van der Waals surface area (Å²) in [6.07, 6.45) is 21.0. The predicted octanol–water partition coefficient (Wildman–Crippen LogP) is 3.58. The molecule has 0 aromatic rings. The molecule has 0 aromatic heterocycles. The number of aliphatic hydroxyl groups excluding tert-OH is 1. The fourth-order valence-electron chi connectivity index (χ4n) is 3.24. The van der Waals surface area contributed by atoms with Gasteiger partial charge in [-0.25, -0.2) is 0 Å². The molecule has 0 saturated carbocycles. The number of rotatable bonds is 18. The van der Waals surface area contributed by atoms with E-state index in [-0.39, 0.29) is 13.0 Å². The molecule has 0 aliphatic rings. The van der Waals surface area contributed by atoms with Crippen LogP contribution in [-0.4, -0.2) is 55.1 Å². The van der Waals surface area contributed by atoms with E-state index < -0.39 is 23.8 Å². The summed E-state index contributed by atoms with van der Waals surface area (Å²) in [5.74, 6) is -3.32. The summed E-state index contributed by atoms with van der Waals surface area (Å²) in [4.78, 5) is 23.6. The van der Waals surface area contributed by atoms with Crippen LogP contribution in [0.2, 0.25) is 0 Å². The molecule has 0 saturated heterocycles. The number of carboxylic acids is 1. The van der Waals surface area contributed by atoms with Crippen molar-refractivity contribution in [2.75, 3.05) is 27.7 Å². The minimum absolute atomic E-state index is 0.187. The molecule has 0 aliphatic carbocycles. The van der Waals surface area contributed by atoms with Crippen LogP contribution in [0.1, 0.15) is 71.1 Å². The summed E-state index contributed by atoms with van der Waals surface area (Å²) in [7, 11) is 5.54. The van der Waals surface area contributed by atoms with Gasteiger partial charge in [0.25, 0.3) is 0 Å². The molecule has 0 fully saturated rings. The topological polar surface area (TPSA) is 77.4 Å². The van der Waals surface area contributed by atoms with Gasteiger partial charge in [0.1, 0.15) is 18.4 Å². The number of hydrogen-bond acceptors (Lipinski definition) is 4. The SMILES string of the molecule is CC/C=C\C/C=C\C/C=C\CCCCCCCC(=O)C(C(=O)[O-])C(O)C[N+](C)(C)C. The van der Waals surface area contributed by atoms with E-state index in [0.29, 0.717) is 10.9 Å². The van der Waals surface area contributed by atoms with Crippen molar-refractivity contribution >= 4 is 11.8 Å². The molecule has 0 radical (unpaired) electrons. The number of likely N-dealkylation sites (N-methyl/N-ethyl adjacent to an activating group) is 1. The van der Waals surface area contributed by atoms with Crippen LogP contribution in [-0.2, 0) is 9.59 Å². The quantitative estimate of drug-likeness (QED) is 0.159. The van der Waals surface area contributed by atoms with Gasteiger partial charge in [-0.3, -0.25) is 4.79 Å². The van der Waals surface area contributed by atoms with Gasteiger partial charge in [-0.15, -0.1) is 0 Å². The van der Waals surface area contributed by atoms with Crippen molar-refractivity contribution in [1.82, 2.24) is 0 Å². The van der Waals surface area contributed by atoms with Gasteiger partial charge < -0.3 is 19.5 Å². The summed E-state index contributed by atoms with van der Waals surface area (Å²) in [5, 5.41) is 21.5. The number of ketones is 1. The molecule has 0 spiro atoms. The standard InChI is InChI=1S/C25H43NO4/c1-5-6-7-8-9-10-11-12-13-14-15-16-17-18-19-20-22(27)24(25(29)30)23(28)21-26(2,3)4/h6-7,9-10,12-13,23-24,28H,5,8,11,14-21H2,1-4H3/b7-6-,10-9-,13-12-. The van der Waals surface area contributed by atoms with E-state index in [4.69, 9.17) is 0 Å². The van der Waals surface area contributed by atoms with Gasteiger partial charge in [-0.05, 0) is 38.5 Å². The molecule has 2 unspecified atom stereocenters. The Morgan fingerprint density at radius 1 is 0.867 bits per heavy atom. The number of Topliss-reactive ketones (excluding diaryl/α,β-unsaturated/α-hetero) is 1. The zero-order valence-corrected chi connectivity index (χ0v) is 19.5. The van der Waals surface area contributed by atoms with E-state index in [1.54, 1.807) is 0 Å². The van der Waals surface area contributed by atoms with Crippen molar-refractivity contribution in [2.45, 2.75) is 77.2 Å². The highest BCUT2D eigenvalue weighted by atomic mass is 16.4. The van der Waals surface area contributed by atoms with Crippen molar-refractivity contribution in [3.8, 4) is 0 Å². The smallest absolute Gasteiger partial charge is 0.144 e. The Morgan fingerprint density at radius 3 is 1.97 bits per heavy atom. The average Bonchev–Trinajstić information content (AvgIpc) is 2.63. The summed E-state index contributed by atoms with van der Waals surface area (Å²) in [6, 6.07) is 0. The molecular formula is C25H43NO4. The Balaban J connectivity index is 3.88. The fraction of sp³-hybridized carbons (Fsp3) is 0.680. The highest BCUT2D eigenvalue weighted by Crippen LogP contribution is 2.14. The van der Waals surface area contributed by atoms with Crippen LogP contribution in [0, 0.1) is 5.92 Å². The third kappa shape index (κ3) is 16.1. The van der Waals surface area contributed by atoms with Crippen molar-refractivity contribution < 1.29 is 24.3 Å². The Morgan fingerprint density at radius 2 is 1.40 bits per heavy atom. The number of unbranched alkanes of at least 4 members (excludes halogenated alkanes) is 5. The maximum absolute atomic E-state index is 12.2. The maximum atomic E-state index is 12.2. The first kappa shape index (κ1) is 28.3. The Labute approximate surface area is 183 Å². The molecule has 0 heterocycles. The molecule has 2 atom stereocenters. The maximum Gasteiger partial charge on any atom is 0.144 e. The van der Waals surface area contributed by atoms with Gasteiger partial charge in [0.05, 0.1) is 33.0 Å². The van der Waals surface area contributed by atoms with E-state index in [1.807, 2.05) is 21.1 Å². The largest absolute Gasteiger partial charge is 0.549 e. The molecule has 0 aliphatic heterocycles. The number of carbonyl (C=O) groups is 2. The average molecular weight is 422 g/mol. The molecule has 0 amide bonds. The van der Waals surface area contributed by atoms with Gasteiger partial charge >= 0.3 is 0 Å². The second kappa shape index (κ2) is 17.0. The lowest BCUT2D eigenvalue weighted by atomic mass is 9.93. The number of quaternary nitrogens is 1. The van der Waals surface area contributed by atoms with Gasteiger partial charge in [-0.2, -0.15) is 0 Å². The molecule has 1 N–H and O–H groups in total. The van der Waals surface area contributed by atoms with Crippen LogP contribution in [0.3, 0.4) is 0 Å². The second-order valence-corrected chi connectivity index (χ2v) is 8.90. The molecule has 0 rings (SSSR count). The number of aliphatic carboxylic acids is 1. The van der Waals surface area contributed by atoms with Crippen molar-refractivity contribution in [3.63, 3.8) is 0 Å². The Kier molecular flexibility index (Phi) is 16.0. The van der Waals surface area contributed by atoms with Gasteiger partial charge in [0, 0.05) is 6.42 Å². The number of aliphatic hydroxyl groups is 1. The van der Waals surface area contributed by atoms with Crippen molar-refractivity contribution in [3.05, 3.63) is 36.5 Å². The summed E-state index contributed by atoms with van der Waals surface area (Å²) < 4.78 is 0.388. The van der Waals surface area contributed by atoms with Crippen molar-refractivity contribution in [2.24, 2.45) is 5.92 Å². The van der Waals surface area contributed by atoms with Gasteiger partial charge in [0.15, 0.2) is 0 Å². The highest BCUT2D eigenvalue weighted by molar-refractivity contribution is 5.98. The van der Waals surface area contributed by atoms with Crippen LogP contribution < -0.4 is 5.11 Å². The molecule has 30 heavy (non-hydrogen) atoms. The van der Waals surface area contributed by atoms with Crippen molar-refractivity contribution in [1.29, 1.82) is 0 Å². The van der Waals surface area contributed by atoms with E-state index in [1.165, 1.54) is 0 Å². The van der Waals surface area contributed by atoms with Crippen LogP contribution in [0.15, 0.2) is 36.5 Å². The number of carboxylic acid groups (broad SMARTS) is 1. The minimum atomic E-state index is -1.47. The van der Waals surface area contributed by atoms with E-state index in [0.717, 1.165) is 51.4 Å². The molecule has 5 nitrogen and oxygen atoms in total. The zero-order valence-electron chi connectivity index (χ0n) is 19.5. The first-order valence-electron chi connectivity index (χ1n) is 11.4. The Hall–Kier alpha value is -1.72. The van der Waals surface area contributed by atoms with E-state index in [9.17, 15) is 19.8 Å². The third-order valence-corrected chi connectivity index (χ3v) is 4.79. The second-order valence-electron chi connectivity index (χ2n) is 8.90. The van der Waals surface area contributed by atoms with E-state index in [2.05, 4.69) is 43.4 Å². The lowest BCUT2D eigenvalue weighted by Crippen LogP contribution is -2.51. The Bertz CT molecular complexity index is 558. The summed E-state index contributed by atoms with van der Waals surface area (Å²) >= 11 is 0.